The van der Waals surface area contributed by atoms with Crippen molar-refractivity contribution >= 4 is 45.8 Å². The number of carbonyl (C=O) groups is 2. The van der Waals surface area contributed by atoms with Crippen LogP contribution in [0.5, 0.6) is 5.75 Å². The number of amides is 2. The molecule has 1 unspecified atom stereocenters. The van der Waals surface area contributed by atoms with E-state index in [4.69, 9.17) is 4.74 Å². The van der Waals surface area contributed by atoms with Gasteiger partial charge in [-0.25, -0.2) is 4.99 Å². The number of rotatable bonds is 7. The van der Waals surface area contributed by atoms with Crippen molar-refractivity contribution in [2.75, 3.05) is 19.0 Å². The Hall–Kier alpha value is -3.40. The minimum absolute atomic E-state index is 0.0995. The van der Waals surface area contributed by atoms with E-state index in [1.54, 1.807) is 37.4 Å². The normalized spacial score (nSPS) is 17.3. The second-order valence-corrected chi connectivity index (χ2v) is 7.48. The van der Waals surface area contributed by atoms with Crippen LogP contribution >= 0.6 is 11.8 Å². The Labute approximate surface area is 177 Å². The molecule has 0 radical (unpaired) electrons. The molecule has 1 fully saturated rings. The lowest BCUT2D eigenvalue weighted by atomic mass is 10.2. The molecule has 1 heterocycles. The number of nitro groups is 1. The van der Waals surface area contributed by atoms with Crippen LogP contribution in [0.3, 0.4) is 0 Å². The number of ether oxygens (including phenoxy) is 1. The van der Waals surface area contributed by atoms with Crippen molar-refractivity contribution < 1.29 is 19.2 Å². The Morgan fingerprint density at radius 1 is 1.27 bits per heavy atom. The van der Waals surface area contributed by atoms with Gasteiger partial charge in [0.15, 0.2) is 5.17 Å². The molecule has 0 aromatic heterocycles. The summed E-state index contributed by atoms with van der Waals surface area (Å²) >= 11 is 1.21. The number of para-hydroxylation sites is 2. The van der Waals surface area contributed by atoms with Crippen LogP contribution in [0.25, 0.3) is 0 Å². The van der Waals surface area contributed by atoms with Crippen molar-refractivity contribution in [2.24, 2.45) is 4.99 Å². The van der Waals surface area contributed by atoms with Crippen molar-refractivity contribution in [1.82, 2.24) is 4.90 Å². The van der Waals surface area contributed by atoms with Crippen LogP contribution in [0.4, 0.5) is 17.1 Å². The molecule has 10 heteroatoms. The number of aliphatic imine (C=N–C) groups is 1. The number of hydrogen-bond donors (Lipinski definition) is 1. The van der Waals surface area contributed by atoms with Crippen LogP contribution in [-0.2, 0) is 9.59 Å². The van der Waals surface area contributed by atoms with E-state index in [-0.39, 0.29) is 23.7 Å². The number of hydrogen-bond acceptors (Lipinski definition) is 7. The van der Waals surface area contributed by atoms with E-state index in [0.29, 0.717) is 23.1 Å². The fourth-order valence-electron chi connectivity index (χ4n) is 2.89. The molecule has 9 nitrogen and oxygen atoms in total. The third-order valence-corrected chi connectivity index (χ3v) is 5.55. The highest BCUT2D eigenvalue weighted by Crippen LogP contribution is 2.32. The van der Waals surface area contributed by atoms with Gasteiger partial charge in [0.25, 0.3) is 5.69 Å². The number of nitro benzene ring substituents is 1. The van der Waals surface area contributed by atoms with E-state index >= 15 is 0 Å². The zero-order valence-electron chi connectivity index (χ0n) is 16.4. The topological polar surface area (TPSA) is 114 Å². The van der Waals surface area contributed by atoms with Crippen LogP contribution in [-0.4, -0.2) is 45.7 Å². The average molecular weight is 428 g/mol. The second-order valence-electron chi connectivity index (χ2n) is 6.31. The minimum atomic E-state index is -0.648. The largest absolute Gasteiger partial charge is 0.497 e. The Morgan fingerprint density at radius 3 is 2.60 bits per heavy atom. The third-order valence-electron chi connectivity index (χ3n) is 4.38. The Kier molecular flexibility index (Phi) is 6.68. The van der Waals surface area contributed by atoms with Crippen LogP contribution in [0.2, 0.25) is 0 Å². The molecule has 1 atom stereocenters. The molecule has 0 bridgehead atoms. The molecular weight excluding hydrogens is 408 g/mol. The molecule has 0 aliphatic carbocycles. The standard InChI is InChI=1S/C20H20N4O5S/c1-3-23-19(26)17(30-20(23)21-13-8-10-14(29-2)11-9-13)12-18(25)22-15-6-4-5-7-16(15)24(27)28/h4-11,17H,3,12H2,1-2H3,(H,22,25). The molecule has 1 aliphatic rings. The Balaban J connectivity index is 1.72. The van der Waals surface area contributed by atoms with Crippen molar-refractivity contribution in [1.29, 1.82) is 0 Å². The predicted molar refractivity (Wildman–Crippen MR) is 115 cm³/mol. The average Bonchev–Trinajstić information content (AvgIpc) is 3.02. The summed E-state index contributed by atoms with van der Waals surface area (Å²) in [6, 6.07) is 13.0. The number of methoxy groups -OCH3 is 1. The summed E-state index contributed by atoms with van der Waals surface area (Å²) in [4.78, 5) is 41.8. The monoisotopic (exact) mass is 428 g/mol. The lowest BCUT2D eigenvalue weighted by Gasteiger charge is -2.13. The van der Waals surface area contributed by atoms with Gasteiger partial charge in [0, 0.05) is 19.0 Å². The molecule has 30 heavy (non-hydrogen) atoms. The van der Waals surface area contributed by atoms with Gasteiger partial charge in [0.05, 0.1) is 17.7 Å². The first-order valence-electron chi connectivity index (χ1n) is 9.17. The van der Waals surface area contributed by atoms with Gasteiger partial charge in [-0.3, -0.25) is 24.6 Å². The van der Waals surface area contributed by atoms with Crippen LogP contribution < -0.4 is 10.1 Å². The SMILES string of the molecule is CCN1C(=O)C(CC(=O)Nc2ccccc2[N+](=O)[O-])SC1=Nc1ccc(OC)cc1. The van der Waals surface area contributed by atoms with Crippen LogP contribution in [0.15, 0.2) is 53.5 Å². The molecule has 2 aromatic rings. The van der Waals surface area contributed by atoms with Gasteiger partial charge < -0.3 is 10.1 Å². The summed E-state index contributed by atoms with van der Waals surface area (Å²) < 4.78 is 5.13. The maximum Gasteiger partial charge on any atom is 0.292 e. The number of amidine groups is 1. The summed E-state index contributed by atoms with van der Waals surface area (Å²) in [5.74, 6) is 0.00961. The summed E-state index contributed by atoms with van der Waals surface area (Å²) in [5.41, 5.74) is 0.560. The smallest absolute Gasteiger partial charge is 0.292 e. The summed E-state index contributed by atoms with van der Waals surface area (Å²) in [6.45, 7) is 2.25. The molecule has 0 saturated carbocycles. The fraction of sp³-hybridized carbons (Fsp3) is 0.250. The maximum absolute atomic E-state index is 12.7. The maximum atomic E-state index is 12.7. The molecule has 0 spiro atoms. The van der Waals surface area contributed by atoms with Gasteiger partial charge in [-0.2, -0.15) is 0 Å². The van der Waals surface area contributed by atoms with E-state index in [1.165, 1.54) is 34.9 Å². The number of nitrogens with zero attached hydrogens (tertiary/aromatic N) is 3. The van der Waals surface area contributed by atoms with Crippen molar-refractivity contribution in [2.45, 2.75) is 18.6 Å². The van der Waals surface area contributed by atoms with Crippen molar-refractivity contribution in [3.05, 3.63) is 58.6 Å². The molecule has 1 aliphatic heterocycles. The Bertz CT molecular complexity index is 993. The summed E-state index contributed by atoms with van der Waals surface area (Å²) in [7, 11) is 1.57. The first-order chi connectivity index (χ1) is 14.4. The lowest BCUT2D eigenvalue weighted by molar-refractivity contribution is -0.383. The highest BCUT2D eigenvalue weighted by atomic mass is 32.2. The Morgan fingerprint density at radius 2 is 1.97 bits per heavy atom. The van der Waals surface area contributed by atoms with E-state index in [1.807, 2.05) is 6.92 Å². The van der Waals surface area contributed by atoms with Crippen LogP contribution in [0, 0.1) is 10.1 Å². The third kappa shape index (κ3) is 4.77. The number of nitrogens with one attached hydrogen (secondary N) is 1. The van der Waals surface area contributed by atoms with E-state index in [0.717, 1.165) is 0 Å². The summed E-state index contributed by atoms with van der Waals surface area (Å²) in [6.07, 6.45) is -0.117. The van der Waals surface area contributed by atoms with Crippen LogP contribution in [0.1, 0.15) is 13.3 Å². The van der Waals surface area contributed by atoms with Gasteiger partial charge in [-0.05, 0) is 37.3 Å². The van der Waals surface area contributed by atoms with E-state index in [2.05, 4.69) is 10.3 Å². The highest BCUT2D eigenvalue weighted by Gasteiger charge is 2.38. The van der Waals surface area contributed by atoms with Gasteiger partial charge in [-0.15, -0.1) is 0 Å². The van der Waals surface area contributed by atoms with Crippen molar-refractivity contribution in [3.63, 3.8) is 0 Å². The molecule has 2 aromatic carbocycles. The predicted octanol–water partition coefficient (Wildman–Crippen LogP) is 3.58. The number of benzene rings is 2. The lowest BCUT2D eigenvalue weighted by Crippen LogP contribution is -2.33. The molecule has 1 N–H and O–H groups in total. The second kappa shape index (κ2) is 9.40. The van der Waals surface area contributed by atoms with E-state index < -0.39 is 16.1 Å². The summed E-state index contributed by atoms with van der Waals surface area (Å²) in [5, 5.41) is 13.5. The fourth-order valence-corrected chi connectivity index (χ4v) is 4.11. The van der Waals surface area contributed by atoms with Gasteiger partial charge in [-0.1, -0.05) is 23.9 Å². The number of thioether (sulfide) groups is 1. The number of anilines is 1. The van der Waals surface area contributed by atoms with Gasteiger partial charge >= 0.3 is 0 Å². The first-order valence-corrected chi connectivity index (χ1v) is 10.0. The van der Waals surface area contributed by atoms with Gasteiger partial charge in [0.1, 0.15) is 16.7 Å². The highest BCUT2D eigenvalue weighted by molar-refractivity contribution is 8.15. The number of carbonyl (C=O) groups excluding carboxylic acids is 2. The zero-order valence-corrected chi connectivity index (χ0v) is 17.2. The van der Waals surface area contributed by atoms with E-state index in [9.17, 15) is 19.7 Å². The molecule has 156 valence electrons. The molecule has 2 amide bonds. The molecule has 3 rings (SSSR count). The first kappa shape index (κ1) is 21.3. The molecular formula is C20H20N4O5S. The minimum Gasteiger partial charge on any atom is -0.497 e. The molecule has 1 saturated heterocycles. The van der Waals surface area contributed by atoms with Gasteiger partial charge in [0.2, 0.25) is 11.8 Å². The van der Waals surface area contributed by atoms with Crippen molar-refractivity contribution in [3.8, 4) is 5.75 Å². The zero-order chi connectivity index (χ0) is 21.7. The quantitative estimate of drug-likeness (QED) is 0.532.